The van der Waals surface area contributed by atoms with E-state index in [0.29, 0.717) is 5.75 Å². The van der Waals surface area contributed by atoms with Crippen molar-refractivity contribution in [3.05, 3.63) is 0 Å². The molecular weight excluding hydrogens is 250 g/mol. The first-order chi connectivity index (χ1) is 8.35. The van der Waals surface area contributed by atoms with Gasteiger partial charge in [0.15, 0.2) is 0 Å². The van der Waals surface area contributed by atoms with Gasteiger partial charge < -0.3 is 10.0 Å². The highest BCUT2D eigenvalue weighted by Crippen LogP contribution is 2.36. The lowest BCUT2D eigenvalue weighted by atomic mass is 9.88. The maximum Gasteiger partial charge on any atom is 0.327 e. The Morgan fingerprint density at radius 2 is 2.00 bits per heavy atom. The van der Waals surface area contributed by atoms with Crippen LogP contribution in [0.15, 0.2) is 0 Å². The molecule has 0 aromatic rings. The smallest absolute Gasteiger partial charge is 0.327 e. The quantitative estimate of drug-likeness (QED) is 0.836. The molecule has 0 saturated carbocycles. The van der Waals surface area contributed by atoms with E-state index in [1.54, 1.807) is 16.7 Å². The van der Waals surface area contributed by atoms with Crippen LogP contribution in [-0.4, -0.2) is 39.1 Å². The molecule has 0 radical (unpaired) electrons. The van der Waals surface area contributed by atoms with Crippen LogP contribution in [0.4, 0.5) is 0 Å². The second-order valence-corrected chi connectivity index (χ2v) is 6.59. The maximum atomic E-state index is 12.5. The Labute approximate surface area is 113 Å². The molecule has 0 bridgehead atoms. The van der Waals surface area contributed by atoms with E-state index < -0.39 is 17.4 Å². The topological polar surface area (TPSA) is 57.6 Å². The monoisotopic (exact) mass is 273 g/mol. The standard InChI is InChI=1S/C13H23NO3S/c1-5-7-10-14(9(8-18-10)11(15)16)12(17)13(3,4)6-2/h9-10H,5-8H2,1-4H3,(H,15,16). The molecule has 1 aliphatic heterocycles. The zero-order valence-corrected chi connectivity index (χ0v) is 12.4. The van der Waals surface area contributed by atoms with Gasteiger partial charge in [-0.25, -0.2) is 4.79 Å². The Morgan fingerprint density at radius 1 is 1.39 bits per heavy atom. The first kappa shape index (κ1) is 15.3. The maximum absolute atomic E-state index is 12.5. The fourth-order valence-corrected chi connectivity index (χ4v) is 3.51. The van der Waals surface area contributed by atoms with E-state index in [2.05, 4.69) is 6.92 Å². The predicted octanol–water partition coefficient (Wildman–Crippen LogP) is 2.58. The molecule has 1 aliphatic rings. The van der Waals surface area contributed by atoms with Crippen molar-refractivity contribution in [3.63, 3.8) is 0 Å². The molecule has 0 aliphatic carbocycles. The van der Waals surface area contributed by atoms with E-state index in [-0.39, 0.29) is 11.3 Å². The summed E-state index contributed by atoms with van der Waals surface area (Å²) >= 11 is 1.59. The number of hydrogen-bond acceptors (Lipinski definition) is 3. The zero-order chi connectivity index (χ0) is 13.9. The van der Waals surface area contributed by atoms with Crippen molar-refractivity contribution in [2.75, 3.05) is 5.75 Å². The molecule has 1 heterocycles. The lowest BCUT2D eigenvalue weighted by molar-refractivity contribution is -0.153. The van der Waals surface area contributed by atoms with Gasteiger partial charge in [-0.3, -0.25) is 4.79 Å². The van der Waals surface area contributed by atoms with Crippen LogP contribution in [0.2, 0.25) is 0 Å². The average Bonchev–Trinajstić information content (AvgIpc) is 2.72. The molecule has 1 N–H and O–H groups in total. The van der Waals surface area contributed by atoms with Crippen LogP contribution in [0.1, 0.15) is 47.0 Å². The van der Waals surface area contributed by atoms with Crippen LogP contribution >= 0.6 is 11.8 Å². The highest BCUT2D eigenvalue weighted by molar-refractivity contribution is 8.00. The fraction of sp³-hybridized carbons (Fsp3) is 0.846. The molecule has 104 valence electrons. The molecule has 4 nitrogen and oxygen atoms in total. The lowest BCUT2D eigenvalue weighted by Gasteiger charge is -2.34. The molecule has 1 fully saturated rings. The van der Waals surface area contributed by atoms with Gasteiger partial charge in [0.1, 0.15) is 6.04 Å². The summed E-state index contributed by atoms with van der Waals surface area (Å²) in [7, 11) is 0. The van der Waals surface area contributed by atoms with Crippen molar-refractivity contribution >= 4 is 23.6 Å². The molecule has 5 heteroatoms. The van der Waals surface area contributed by atoms with Gasteiger partial charge in [0.25, 0.3) is 0 Å². The van der Waals surface area contributed by atoms with Gasteiger partial charge >= 0.3 is 5.97 Å². The van der Waals surface area contributed by atoms with E-state index in [9.17, 15) is 14.7 Å². The Morgan fingerprint density at radius 3 is 2.44 bits per heavy atom. The molecule has 1 amide bonds. The van der Waals surface area contributed by atoms with Gasteiger partial charge in [0.05, 0.1) is 5.37 Å². The summed E-state index contributed by atoms with van der Waals surface area (Å²) in [5.74, 6) is -0.409. The van der Waals surface area contributed by atoms with Crippen molar-refractivity contribution in [2.24, 2.45) is 5.41 Å². The molecule has 1 saturated heterocycles. The molecule has 1 rings (SSSR count). The number of nitrogens with zero attached hydrogens (tertiary/aromatic N) is 1. The van der Waals surface area contributed by atoms with E-state index in [1.165, 1.54) is 0 Å². The summed E-state index contributed by atoms with van der Waals surface area (Å²) in [6.07, 6.45) is 2.54. The molecule has 2 unspecified atom stereocenters. The van der Waals surface area contributed by atoms with Crippen LogP contribution in [0.3, 0.4) is 0 Å². The first-order valence-corrected chi connectivity index (χ1v) is 7.57. The average molecular weight is 273 g/mol. The van der Waals surface area contributed by atoms with Crippen molar-refractivity contribution in [1.29, 1.82) is 0 Å². The van der Waals surface area contributed by atoms with Gasteiger partial charge in [0, 0.05) is 11.2 Å². The Kier molecular flexibility index (Phi) is 5.08. The number of aliphatic carboxylic acids is 1. The van der Waals surface area contributed by atoms with Crippen LogP contribution in [-0.2, 0) is 9.59 Å². The predicted molar refractivity (Wildman–Crippen MR) is 73.5 cm³/mol. The zero-order valence-electron chi connectivity index (χ0n) is 11.6. The number of thioether (sulfide) groups is 1. The van der Waals surface area contributed by atoms with Crippen LogP contribution in [0.25, 0.3) is 0 Å². The van der Waals surface area contributed by atoms with E-state index in [1.807, 2.05) is 20.8 Å². The van der Waals surface area contributed by atoms with E-state index >= 15 is 0 Å². The summed E-state index contributed by atoms with van der Waals surface area (Å²) in [6, 6.07) is -0.662. The number of amides is 1. The van der Waals surface area contributed by atoms with Crippen LogP contribution in [0.5, 0.6) is 0 Å². The Balaban J connectivity index is 2.96. The van der Waals surface area contributed by atoms with Gasteiger partial charge in [-0.1, -0.05) is 34.1 Å². The summed E-state index contributed by atoms with van der Waals surface area (Å²) in [4.78, 5) is 25.4. The molecule has 0 aromatic heterocycles. The minimum atomic E-state index is -0.888. The van der Waals surface area contributed by atoms with Crippen molar-refractivity contribution in [3.8, 4) is 0 Å². The number of carboxylic acid groups (broad SMARTS) is 1. The summed E-state index contributed by atoms with van der Waals surface area (Å²) in [5, 5.41) is 9.27. The highest BCUT2D eigenvalue weighted by Gasteiger charge is 2.45. The minimum Gasteiger partial charge on any atom is -0.480 e. The SMILES string of the molecule is CCCC1SCC(C(=O)O)N1C(=O)C(C)(C)CC. The van der Waals surface area contributed by atoms with Crippen LogP contribution < -0.4 is 0 Å². The first-order valence-electron chi connectivity index (χ1n) is 6.52. The number of rotatable bonds is 5. The van der Waals surface area contributed by atoms with Crippen LogP contribution in [0, 0.1) is 5.41 Å². The molecule has 0 spiro atoms. The van der Waals surface area contributed by atoms with Gasteiger partial charge in [-0.2, -0.15) is 0 Å². The summed E-state index contributed by atoms with van der Waals surface area (Å²) < 4.78 is 0. The fourth-order valence-electron chi connectivity index (χ4n) is 2.00. The second kappa shape index (κ2) is 5.95. The number of carboxylic acids is 1. The molecule has 18 heavy (non-hydrogen) atoms. The normalized spacial score (nSPS) is 24.3. The third-order valence-corrected chi connectivity index (χ3v) is 4.97. The van der Waals surface area contributed by atoms with Gasteiger partial charge in [-0.15, -0.1) is 11.8 Å². The van der Waals surface area contributed by atoms with Crippen molar-refractivity contribution < 1.29 is 14.7 Å². The second-order valence-electron chi connectivity index (χ2n) is 5.38. The van der Waals surface area contributed by atoms with Gasteiger partial charge in [0.2, 0.25) is 5.91 Å². The third kappa shape index (κ3) is 2.99. The Bertz CT molecular complexity index is 330. The number of hydrogen-bond donors (Lipinski definition) is 1. The molecular formula is C13H23NO3S. The minimum absolute atomic E-state index is 0.0226. The number of carbonyl (C=O) groups excluding carboxylic acids is 1. The largest absolute Gasteiger partial charge is 0.480 e. The van der Waals surface area contributed by atoms with Gasteiger partial charge in [-0.05, 0) is 12.8 Å². The van der Waals surface area contributed by atoms with E-state index in [4.69, 9.17) is 0 Å². The summed E-state index contributed by atoms with van der Waals surface area (Å²) in [6.45, 7) is 7.80. The molecule has 0 aromatic carbocycles. The highest BCUT2D eigenvalue weighted by atomic mass is 32.2. The number of carbonyl (C=O) groups is 2. The van der Waals surface area contributed by atoms with E-state index in [0.717, 1.165) is 19.3 Å². The Hall–Kier alpha value is -0.710. The molecule has 2 atom stereocenters. The van der Waals surface area contributed by atoms with Crippen molar-refractivity contribution in [2.45, 2.75) is 58.4 Å². The lowest BCUT2D eigenvalue weighted by Crippen LogP contribution is -2.50. The third-order valence-electron chi connectivity index (χ3n) is 3.61. The van der Waals surface area contributed by atoms with Crippen molar-refractivity contribution in [1.82, 2.24) is 4.90 Å². The summed E-state index contributed by atoms with van der Waals surface area (Å²) in [5.41, 5.74) is -0.482.